The van der Waals surface area contributed by atoms with Gasteiger partial charge in [-0.1, -0.05) is 6.58 Å². The second-order valence-corrected chi connectivity index (χ2v) is 3.10. The fourth-order valence-electron chi connectivity index (χ4n) is 0.831. The van der Waals surface area contributed by atoms with Crippen molar-refractivity contribution in [3.63, 3.8) is 0 Å². The molecule has 14 heavy (non-hydrogen) atoms. The van der Waals surface area contributed by atoms with Gasteiger partial charge in [0.25, 0.3) is 0 Å². The lowest BCUT2D eigenvalue weighted by Gasteiger charge is -2.10. The molecule has 4 nitrogen and oxygen atoms in total. The van der Waals surface area contributed by atoms with Crippen LogP contribution < -0.4 is 0 Å². The van der Waals surface area contributed by atoms with Crippen LogP contribution in [0.5, 0.6) is 0 Å². The first-order valence-electron chi connectivity index (χ1n) is 4.15. The molecule has 1 heterocycles. The molecule has 0 bridgehead atoms. The van der Waals surface area contributed by atoms with Crippen molar-refractivity contribution < 1.29 is 13.9 Å². The number of hydrogen-bond donors (Lipinski definition) is 0. The summed E-state index contributed by atoms with van der Waals surface area (Å²) in [6, 6.07) is 3.49. The second-order valence-electron chi connectivity index (χ2n) is 3.10. The zero-order valence-electron chi connectivity index (χ0n) is 8.53. The first-order chi connectivity index (χ1) is 6.50. The van der Waals surface area contributed by atoms with Gasteiger partial charge < -0.3 is 14.1 Å². The molecule has 0 aliphatic rings. The highest BCUT2D eigenvalue weighted by Crippen LogP contribution is 2.17. The Morgan fingerprint density at radius 3 is 2.57 bits per heavy atom. The van der Waals surface area contributed by atoms with Crippen molar-refractivity contribution in [3.05, 3.63) is 30.2 Å². The average molecular weight is 195 g/mol. The summed E-state index contributed by atoms with van der Waals surface area (Å²) in [7, 11) is 3.20. The fourth-order valence-corrected chi connectivity index (χ4v) is 0.831. The standard InChI is InChI=1S/C10H13NO3/c1-7-5-6-9(13-7)8(2)14-10(12)11(3)4/h5-6H,2H2,1,3-4H3. The first kappa shape index (κ1) is 10.4. The summed E-state index contributed by atoms with van der Waals surface area (Å²) < 4.78 is 10.1. The molecular weight excluding hydrogens is 182 g/mol. The van der Waals surface area contributed by atoms with Gasteiger partial charge in [-0.15, -0.1) is 0 Å². The Hall–Kier alpha value is -1.71. The predicted octanol–water partition coefficient (Wildman–Crippen LogP) is 2.26. The lowest BCUT2D eigenvalue weighted by atomic mass is 10.4. The van der Waals surface area contributed by atoms with Crippen molar-refractivity contribution in [1.82, 2.24) is 4.90 Å². The van der Waals surface area contributed by atoms with Gasteiger partial charge >= 0.3 is 6.09 Å². The van der Waals surface area contributed by atoms with Gasteiger partial charge in [-0.2, -0.15) is 0 Å². The van der Waals surface area contributed by atoms with Crippen molar-refractivity contribution in [2.45, 2.75) is 6.92 Å². The Morgan fingerprint density at radius 2 is 2.14 bits per heavy atom. The Morgan fingerprint density at radius 1 is 1.50 bits per heavy atom. The summed E-state index contributed by atoms with van der Waals surface area (Å²) in [6.07, 6.45) is -0.468. The number of ether oxygens (including phenoxy) is 1. The molecule has 1 rings (SSSR count). The van der Waals surface area contributed by atoms with Crippen molar-refractivity contribution in [2.75, 3.05) is 14.1 Å². The Labute approximate surface area is 82.8 Å². The molecular formula is C10H13NO3. The molecule has 1 aromatic rings. The molecule has 0 aliphatic carbocycles. The van der Waals surface area contributed by atoms with Gasteiger partial charge in [0.2, 0.25) is 0 Å². The van der Waals surface area contributed by atoms with Crippen molar-refractivity contribution in [2.24, 2.45) is 0 Å². The average Bonchev–Trinajstić information content (AvgIpc) is 2.51. The normalized spacial score (nSPS) is 9.64. The number of amides is 1. The zero-order chi connectivity index (χ0) is 10.7. The molecule has 4 heteroatoms. The third-order valence-corrected chi connectivity index (χ3v) is 1.59. The molecule has 0 N–H and O–H groups in total. The van der Waals surface area contributed by atoms with E-state index in [-0.39, 0.29) is 5.76 Å². The second kappa shape index (κ2) is 4.00. The molecule has 0 aliphatic heterocycles. The van der Waals surface area contributed by atoms with Crippen LogP contribution in [0.25, 0.3) is 5.76 Å². The summed E-state index contributed by atoms with van der Waals surface area (Å²) in [6.45, 7) is 5.41. The summed E-state index contributed by atoms with van der Waals surface area (Å²) in [5.41, 5.74) is 0. The van der Waals surface area contributed by atoms with Gasteiger partial charge in [0, 0.05) is 14.1 Å². The van der Waals surface area contributed by atoms with Gasteiger partial charge in [0.1, 0.15) is 5.76 Å². The number of aryl methyl sites for hydroxylation is 1. The summed E-state index contributed by atoms with van der Waals surface area (Å²) >= 11 is 0. The van der Waals surface area contributed by atoms with E-state index in [1.807, 2.05) is 6.92 Å². The summed E-state index contributed by atoms with van der Waals surface area (Å²) in [5, 5.41) is 0. The number of carbonyl (C=O) groups is 1. The predicted molar refractivity (Wildman–Crippen MR) is 52.6 cm³/mol. The molecule has 0 fully saturated rings. The Balaban J connectivity index is 2.64. The summed E-state index contributed by atoms with van der Waals surface area (Å²) in [5.74, 6) is 1.44. The molecule has 76 valence electrons. The van der Waals surface area contributed by atoms with E-state index in [0.717, 1.165) is 5.76 Å². The third kappa shape index (κ3) is 2.39. The zero-order valence-corrected chi connectivity index (χ0v) is 8.53. The summed E-state index contributed by atoms with van der Waals surface area (Å²) in [4.78, 5) is 12.5. The van der Waals surface area contributed by atoms with Crippen molar-refractivity contribution in [1.29, 1.82) is 0 Å². The van der Waals surface area contributed by atoms with Crippen LogP contribution in [0.2, 0.25) is 0 Å². The molecule has 0 atom stereocenters. The highest BCUT2D eigenvalue weighted by Gasteiger charge is 2.11. The van der Waals surface area contributed by atoms with E-state index in [4.69, 9.17) is 9.15 Å². The van der Waals surface area contributed by atoms with Crippen molar-refractivity contribution >= 4 is 11.9 Å². The largest absolute Gasteiger partial charge is 0.458 e. The van der Waals surface area contributed by atoms with Gasteiger partial charge in [0.15, 0.2) is 11.5 Å². The van der Waals surface area contributed by atoms with E-state index in [0.29, 0.717) is 5.76 Å². The smallest absolute Gasteiger partial charge is 0.414 e. The Bertz CT molecular complexity index is 352. The van der Waals surface area contributed by atoms with Gasteiger partial charge in [-0.3, -0.25) is 0 Å². The van der Waals surface area contributed by atoms with E-state index in [2.05, 4.69) is 6.58 Å². The lowest BCUT2D eigenvalue weighted by molar-refractivity contribution is 0.161. The maximum Gasteiger partial charge on any atom is 0.414 e. The molecule has 0 saturated carbocycles. The number of carbonyl (C=O) groups excluding carboxylic acids is 1. The molecule has 0 unspecified atom stereocenters. The van der Waals surface area contributed by atoms with Crippen LogP contribution in [0.3, 0.4) is 0 Å². The minimum Gasteiger partial charge on any atom is -0.458 e. The highest BCUT2D eigenvalue weighted by atomic mass is 16.6. The van der Waals surface area contributed by atoms with Crippen molar-refractivity contribution in [3.8, 4) is 0 Å². The van der Waals surface area contributed by atoms with Gasteiger partial charge in [-0.05, 0) is 19.1 Å². The van der Waals surface area contributed by atoms with E-state index < -0.39 is 6.09 Å². The number of hydrogen-bond acceptors (Lipinski definition) is 3. The molecule has 1 aromatic heterocycles. The number of rotatable bonds is 2. The first-order valence-corrected chi connectivity index (χ1v) is 4.15. The maximum absolute atomic E-state index is 11.1. The maximum atomic E-state index is 11.1. The van der Waals surface area contributed by atoms with Crippen LogP contribution in [0.15, 0.2) is 23.1 Å². The lowest BCUT2D eigenvalue weighted by Crippen LogP contribution is -2.21. The molecule has 1 amide bonds. The molecule has 0 aromatic carbocycles. The number of nitrogens with zero attached hydrogens (tertiary/aromatic N) is 1. The monoisotopic (exact) mass is 195 g/mol. The SMILES string of the molecule is C=C(OC(=O)N(C)C)c1ccc(C)o1. The van der Waals surface area contributed by atoms with Gasteiger partial charge in [0.05, 0.1) is 0 Å². The molecule has 0 radical (unpaired) electrons. The third-order valence-electron chi connectivity index (χ3n) is 1.59. The minimum atomic E-state index is -0.468. The fraction of sp³-hybridized carbons (Fsp3) is 0.300. The Kier molecular flexibility index (Phi) is 2.96. The van der Waals surface area contributed by atoms with E-state index >= 15 is 0 Å². The van der Waals surface area contributed by atoms with Crippen LogP contribution in [0.4, 0.5) is 4.79 Å². The van der Waals surface area contributed by atoms with Gasteiger partial charge in [-0.25, -0.2) is 4.79 Å². The highest BCUT2D eigenvalue weighted by molar-refractivity contribution is 5.74. The van der Waals surface area contributed by atoms with E-state index in [9.17, 15) is 4.79 Å². The van der Waals surface area contributed by atoms with E-state index in [1.54, 1.807) is 26.2 Å². The van der Waals surface area contributed by atoms with Crippen LogP contribution in [0.1, 0.15) is 11.5 Å². The van der Waals surface area contributed by atoms with Crippen LogP contribution >= 0.6 is 0 Å². The van der Waals surface area contributed by atoms with Crippen LogP contribution in [-0.4, -0.2) is 25.1 Å². The number of furan rings is 1. The topological polar surface area (TPSA) is 42.7 Å². The molecule has 0 spiro atoms. The molecule has 0 saturated heterocycles. The quantitative estimate of drug-likeness (QED) is 0.680. The van der Waals surface area contributed by atoms with E-state index in [1.165, 1.54) is 4.90 Å². The van der Waals surface area contributed by atoms with Crippen LogP contribution in [-0.2, 0) is 4.74 Å². The minimum absolute atomic E-state index is 0.219. The van der Waals surface area contributed by atoms with Crippen LogP contribution in [0, 0.1) is 6.92 Å².